The molecule has 2 amide bonds. The van der Waals surface area contributed by atoms with Crippen LogP contribution in [-0.2, 0) is 30.6 Å². The zero-order valence-electron chi connectivity index (χ0n) is 19.8. The molecule has 8 nitrogen and oxygen atoms in total. The third-order valence-electron chi connectivity index (χ3n) is 6.09. The van der Waals surface area contributed by atoms with E-state index in [4.69, 9.17) is 9.47 Å². The Bertz CT molecular complexity index is 1190. The molecule has 0 atom stereocenters. The number of methoxy groups -OCH3 is 2. The molecule has 0 bridgehead atoms. The molecular weight excluding hydrogens is 432 g/mol. The molecule has 0 radical (unpaired) electrons. The highest BCUT2D eigenvalue weighted by Crippen LogP contribution is 2.27. The number of hydrogen-bond donors (Lipinski definition) is 2. The second-order valence-corrected chi connectivity index (χ2v) is 8.46. The van der Waals surface area contributed by atoms with E-state index in [1.54, 1.807) is 19.1 Å². The molecule has 1 aromatic heterocycles. The van der Waals surface area contributed by atoms with Gasteiger partial charge in [-0.05, 0) is 36.6 Å². The van der Waals surface area contributed by atoms with E-state index in [-0.39, 0.29) is 11.8 Å². The summed E-state index contributed by atoms with van der Waals surface area (Å²) in [5.74, 6) is 1.13. The third kappa shape index (κ3) is 5.22. The standard InChI is InChI=1S/C26H30N4O4/c1-17-5-4-6-19(13-17)15-24(31)30-12-10-21-20(16-30)25(29-28-21)26(32)27-11-9-18-7-8-22(33-2)23(14-18)34-3/h4-8,13-14H,9-12,15-16H2,1-3H3,(H,27,32)(H,28,29). The number of rotatable bonds is 8. The lowest BCUT2D eigenvalue weighted by atomic mass is 10.0. The molecule has 8 heteroatoms. The fourth-order valence-corrected chi connectivity index (χ4v) is 4.24. The summed E-state index contributed by atoms with van der Waals surface area (Å²) in [6.45, 7) is 3.46. The number of aromatic nitrogens is 2. The van der Waals surface area contributed by atoms with Crippen molar-refractivity contribution in [2.45, 2.75) is 32.7 Å². The Hall–Kier alpha value is -3.81. The van der Waals surface area contributed by atoms with E-state index in [1.165, 1.54) is 0 Å². The zero-order valence-corrected chi connectivity index (χ0v) is 19.8. The molecule has 2 heterocycles. The molecule has 0 saturated carbocycles. The molecular formula is C26H30N4O4. The van der Waals surface area contributed by atoms with Gasteiger partial charge < -0.3 is 19.7 Å². The van der Waals surface area contributed by atoms with Crippen LogP contribution in [0.4, 0.5) is 0 Å². The summed E-state index contributed by atoms with van der Waals surface area (Å²) in [6, 6.07) is 13.7. The molecule has 4 rings (SSSR count). The Balaban J connectivity index is 1.36. The first-order valence-electron chi connectivity index (χ1n) is 11.4. The summed E-state index contributed by atoms with van der Waals surface area (Å²) in [7, 11) is 3.19. The van der Waals surface area contributed by atoms with Gasteiger partial charge in [0.15, 0.2) is 17.2 Å². The Morgan fingerprint density at radius 3 is 2.68 bits per heavy atom. The average Bonchev–Trinajstić information content (AvgIpc) is 3.27. The van der Waals surface area contributed by atoms with Crippen molar-refractivity contribution < 1.29 is 19.1 Å². The summed E-state index contributed by atoms with van der Waals surface area (Å²) < 4.78 is 10.6. The Morgan fingerprint density at radius 2 is 1.91 bits per heavy atom. The van der Waals surface area contributed by atoms with Gasteiger partial charge in [-0.15, -0.1) is 0 Å². The highest BCUT2D eigenvalue weighted by molar-refractivity contribution is 5.94. The molecule has 0 fully saturated rings. The van der Waals surface area contributed by atoms with Gasteiger partial charge in [0.05, 0.1) is 20.6 Å². The van der Waals surface area contributed by atoms with Crippen molar-refractivity contribution in [2.24, 2.45) is 0 Å². The molecule has 0 aliphatic carbocycles. The van der Waals surface area contributed by atoms with Crippen LogP contribution < -0.4 is 14.8 Å². The molecule has 2 aromatic carbocycles. The van der Waals surface area contributed by atoms with Gasteiger partial charge >= 0.3 is 0 Å². The van der Waals surface area contributed by atoms with E-state index in [0.29, 0.717) is 56.1 Å². The first-order valence-corrected chi connectivity index (χ1v) is 11.4. The lowest BCUT2D eigenvalue weighted by Gasteiger charge is -2.27. The molecule has 178 valence electrons. The van der Waals surface area contributed by atoms with Crippen molar-refractivity contribution >= 4 is 11.8 Å². The minimum Gasteiger partial charge on any atom is -0.493 e. The van der Waals surface area contributed by atoms with E-state index in [1.807, 2.05) is 49.4 Å². The maximum Gasteiger partial charge on any atom is 0.272 e. The van der Waals surface area contributed by atoms with Gasteiger partial charge in [0.25, 0.3) is 5.91 Å². The van der Waals surface area contributed by atoms with Crippen LogP contribution in [0.3, 0.4) is 0 Å². The fraction of sp³-hybridized carbons (Fsp3) is 0.346. The monoisotopic (exact) mass is 462 g/mol. The summed E-state index contributed by atoms with van der Waals surface area (Å²) >= 11 is 0. The second kappa shape index (κ2) is 10.4. The molecule has 0 spiro atoms. The second-order valence-electron chi connectivity index (χ2n) is 8.46. The summed E-state index contributed by atoms with van der Waals surface area (Å²) in [5, 5.41) is 10.2. The van der Waals surface area contributed by atoms with Crippen molar-refractivity contribution in [3.8, 4) is 11.5 Å². The predicted molar refractivity (Wildman–Crippen MR) is 128 cm³/mol. The number of carbonyl (C=O) groups excluding carboxylic acids is 2. The normalized spacial score (nSPS) is 12.7. The Kier molecular flexibility index (Phi) is 7.15. The number of hydrogen-bond acceptors (Lipinski definition) is 5. The number of carbonyl (C=O) groups is 2. The van der Waals surface area contributed by atoms with Crippen LogP contribution in [0.25, 0.3) is 0 Å². The smallest absolute Gasteiger partial charge is 0.272 e. The van der Waals surface area contributed by atoms with Gasteiger partial charge in [-0.25, -0.2) is 0 Å². The summed E-state index contributed by atoms with van der Waals surface area (Å²) in [5.41, 5.74) is 5.23. The Morgan fingerprint density at radius 1 is 1.09 bits per heavy atom. The minimum atomic E-state index is -0.244. The summed E-state index contributed by atoms with van der Waals surface area (Å²) in [4.78, 5) is 27.6. The van der Waals surface area contributed by atoms with Crippen LogP contribution in [0.2, 0.25) is 0 Å². The molecule has 1 aliphatic heterocycles. The van der Waals surface area contributed by atoms with Crippen LogP contribution in [0.1, 0.15) is 38.4 Å². The number of nitrogens with zero attached hydrogens (tertiary/aromatic N) is 2. The van der Waals surface area contributed by atoms with Crippen LogP contribution in [0, 0.1) is 6.92 Å². The van der Waals surface area contributed by atoms with Crippen molar-refractivity contribution in [3.63, 3.8) is 0 Å². The molecule has 3 aromatic rings. The van der Waals surface area contributed by atoms with Gasteiger partial charge in [0.1, 0.15) is 0 Å². The minimum absolute atomic E-state index is 0.0530. The largest absolute Gasteiger partial charge is 0.493 e. The molecule has 1 aliphatic rings. The van der Waals surface area contributed by atoms with E-state index in [0.717, 1.165) is 27.9 Å². The van der Waals surface area contributed by atoms with Crippen molar-refractivity contribution in [2.75, 3.05) is 27.3 Å². The van der Waals surface area contributed by atoms with E-state index in [2.05, 4.69) is 15.5 Å². The zero-order chi connectivity index (χ0) is 24.1. The molecule has 34 heavy (non-hydrogen) atoms. The summed E-state index contributed by atoms with van der Waals surface area (Å²) in [6.07, 6.45) is 1.64. The highest BCUT2D eigenvalue weighted by atomic mass is 16.5. The van der Waals surface area contributed by atoms with Gasteiger partial charge in [-0.3, -0.25) is 14.7 Å². The van der Waals surface area contributed by atoms with E-state index < -0.39 is 0 Å². The predicted octanol–water partition coefficient (Wildman–Crippen LogP) is 2.84. The molecule has 2 N–H and O–H groups in total. The number of benzene rings is 2. The lowest BCUT2D eigenvalue weighted by Crippen LogP contribution is -2.37. The highest BCUT2D eigenvalue weighted by Gasteiger charge is 2.27. The lowest BCUT2D eigenvalue weighted by molar-refractivity contribution is -0.131. The number of amides is 2. The molecule has 0 saturated heterocycles. The molecule has 0 unspecified atom stereocenters. The van der Waals surface area contributed by atoms with Crippen LogP contribution in [-0.4, -0.2) is 54.2 Å². The first-order chi connectivity index (χ1) is 16.5. The van der Waals surface area contributed by atoms with Crippen molar-refractivity contribution in [1.29, 1.82) is 0 Å². The average molecular weight is 463 g/mol. The fourth-order valence-electron chi connectivity index (χ4n) is 4.24. The first kappa shape index (κ1) is 23.4. The van der Waals surface area contributed by atoms with Gasteiger partial charge in [-0.2, -0.15) is 5.10 Å². The number of aryl methyl sites for hydroxylation is 1. The third-order valence-corrected chi connectivity index (χ3v) is 6.09. The number of H-pyrrole nitrogens is 1. The van der Waals surface area contributed by atoms with Gasteiger partial charge in [0, 0.05) is 37.3 Å². The van der Waals surface area contributed by atoms with Crippen molar-refractivity contribution in [1.82, 2.24) is 20.4 Å². The number of aromatic amines is 1. The SMILES string of the molecule is COc1ccc(CCNC(=O)c2n[nH]c3c2CN(C(=O)Cc2cccc(C)c2)CC3)cc1OC. The van der Waals surface area contributed by atoms with Crippen LogP contribution in [0.5, 0.6) is 11.5 Å². The van der Waals surface area contributed by atoms with Gasteiger partial charge in [-0.1, -0.05) is 35.9 Å². The topological polar surface area (TPSA) is 96.5 Å². The van der Waals surface area contributed by atoms with Gasteiger partial charge in [0.2, 0.25) is 5.91 Å². The van der Waals surface area contributed by atoms with E-state index in [9.17, 15) is 9.59 Å². The van der Waals surface area contributed by atoms with Crippen molar-refractivity contribution in [3.05, 3.63) is 76.1 Å². The van der Waals surface area contributed by atoms with E-state index >= 15 is 0 Å². The number of fused-ring (bicyclic) bond motifs is 1. The Labute approximate surface area is 199 Å². The quantitative estimate of drug-likeness (QED) is 0.537. The number of ether oxygens (including phenoxy) is 2. The van der Waals surface area contributed by atoms with Crippen LogP contribution in [0.15, 0.2) is 42.5 Å². The van der Waals surface area contributed by atoms with Crippen LogP contribution >= 0.6 is 0 Å². The maximum atomic E-state index is 12.9. The number of nitrogens with one attached hydrogen (secondary N) is 2. The maximum absolute atomic E-state index is 12.9.